The van der Waals surface area contributed by atoms with E-state index in [4.69, 9.17) is 4.74 Å². The number of fused-ring (bicyclic) bond motifs is 3. The van der Waals surface area contributed by atoms with E-state index in [1.54, 1.807) is 35.4 Å². The number of hydrogen-bond acceptors (Lipinski definition) is 5. The molecule has 8 heteroatoms. The van der Waals surface area contributed by atoms with Crippen molar-refractivity contribution in [2.75, 3.05) is 6.67 Å². The largest absolute Gasteiger partial charge is 0.472 e. The fraction of sp³-hybridized carbons (Fsp3) is 0.360. The molecule has 0 spiro atoms. The Morgan fingerprint density at radius 1 is 1.09 bits per heavy atom. The third kappa shape index (κ3) is 4.05. The van der Waals surface area contributed by atoms with E-state index >= 15 is 0 Å². The molecular weight excluding hydrogens is 426 g/mol. The van der Waals surface area contributed by atoms with Gasteiger partial charge in [0, 0.05) is 17.8 Å². The smallest absolute Gasteiger partial charge is 0.255 e. The number of amides is 1. The average molecular weight is 450 g/mol. The third-order valence-electron chi connectivity index (χ3n) is 6.62. The summed E-state index contributed by atoms with van der Waals surface area (Å²) in [6.45, 7) is 1.34. The number of nitrogens with zero attached hydrogens (tertiary/aromatic N) is 4. The monoisotopic (exact) mass is 450 g/mol. The van der Waals surface area contributed by atoms with E-state index in [1.807, 2.05) is 19.1 Å². The molecule has 4 unspecified atom stereocenters. The number of benzene rings is 1. The maximum atomic E-state index is 14.2. The quantitative estimate of drug-likeness (QED) is 0.577. The van der Waals surface area contributed by atoms with Crippen LogP contribution < -0.4 is 4.74 Å². The zero-order valence-electron chi connectivity index (χ0n) is 18.2. The van der Waals surface area contributed by atoms with Crippen LogP contribution in [0.15, 0.2) is 55.0 Å². The van der Waals surface area contributed by atoms with Gasteiger partial charge in [0.1, 0.15) is 12.8 Å². The van der Waals surface area contributed by atoms with Crippen molar-refractivity contribution in [2.45, 2.75) is 44.4 Å². The number of aromatic nitrogens is 3. The third-order valence-corrected chi connectivity index (χ3v) is 6.62. The topological polar surface area (TPSA) is 68.2 Å². The fourth-order valence-corrected chi connectivity index (χ4v) is 5.05. The van der Waals surface area contributed by atoms with Crippen molar-refractivity contribution >= 4 is 5.91 Å². The lowest BCUT2D eigenvalue weighted by molar-refractivity contribution is -0.0703. The first-order chi connectivity index (χ1) is 16.0. The number of alkyl halides is 1. The van der Waals surface area contributed by atoms with E-state index in [1.165, 1.54) is 0 Å². The molecular formula is C25H24F2N4O2. The van der Waals surface area contributed by atoms with Gasteiger partial charge in [-0.1, -0.05) is 24.3 Å². The van der Waals surface area contributed by atoms with Crippen LogP contribution in [0.3, 0.4) is 0 Å². The maximum Gasteiger partial charge on any atom is 0.255 e. The van der Waals surface area contributed by atoms with Crippen LogP contribution >= 0.6 is 0 Å². The highest BCUT2D eigenvalue weighted by molar-refractivity contribution is 6.00. The van der Waals surface area contributed by atoms with Gasteiger partial charge in [0.15, 0.2) is 11.6 Å². The molecule has 33 heavy (non-hydrogen) atoms. The number of pyridine rings is 1. The fourth-order valence-electron chi connectivity index (χ4n) is 5.05. The highest BCUT2D eigenvalue weighted by atomic mass is 19.1. The van der Waals surface area contributed by atoms with Crippen molar-refractivity contribution in [2.24, 2.45) is 5.92 Å². The first-order valence-corrected chi connectivity index (χ1v) is 11.1. The molecule has 1 aromatic carbocycles. The van der Waals surface area contributed by atoms with E-state index in [9.17, 15) is 13.6 Å². The molecule has 3 aromatic rings. The lowest BCUT2D eigenvalue weighted by Crippen LogP contribution is -2.64. The summed E-state index contributed by atoms with van der Waals surface area (Å²) in [7, 11) is 0. The standard InChI is InChI=1S/C25H24F2N4O2/c1-15-6-9-23(28-12-15)33-22-10-16-7-8-20(22)31(21(16)11-26)25(32)19-5-3-2-4-18(19)24-29-13-17(27)14-30-24/h2-6,9,12-14,16,20-22H,7-8,10-11H2,1H3. The molecule has 170 valence electrons. The van der Waals surface area contributed by atoms with Crippen molar-refractivity contribution in [1.82, 2.24) is 19.9 Å². The van der Waals surface area contributed by atoms with Gasteiger partial charge < -0.3 is 9.64 Å². The molecule has 1 saturated carbocycles. The van der Waals surface area contributed by atoms with Gasteiger partial charge in [-0.2, -0.15) is 0 Å². The Morgan fingerprint density at radius 2 is 1.88 bits per heavy atom. The molecule has 1 amide bonds. The summed E-state index contributed by atoms with van der Waals surface area (Å²) >= 11 is 0. The summed E-state index contributed by atoms with van der Waals surface area (Å²) in [5.74, 6) is -0.0915. The van der Waals surface area contributed by atoms with Crippen LogP contribution in [0, 0.1) is 18.7 Å². The molecule has 2 saturated heterocycles. The second-order valence-corrected chi connectivity index (χ2v) is 8.68. The number of halogens is 2. The van der Waals surface area contributed by atoms with Gasteiger partial charge in [-0.3, -0.25) is 4.79 Å². The summed E-state index contributed by atoms with van der Waals surface area (Å²) in [5, 5.41) is 0. The van der Waals surface area contributed by atoms with Crippen molar-refractivity contribution in [3.05, 3.63) is 71.9 Å². The predicted molar refractivity (Wildman–Crippen MR) is 118 cm³/mol. The minimum Gasteiger partial charge on any atom is -0.472 e. The van der Waals surface area contributed by atoms with Crippen LogP contribution in [0.1, 0.15) is 35.2 Å². The second-order valence-electron chi connectivity index (χ2n) is 8.68. The summed E-state index contributed by atoms with van der Waals surface area (Å²) in [5.41, 5.74) is 1.88. The molecule has 1 aliphatic carbocycles. The van der Waals surface area contributed by atoms with Crippen molar-refractivity contribution in [1.29, 1.82) is 0 Å². The number of carbonyl (C=O) groups excluding carboxylic acids is 1. The van der Waals surface area contributed by atoms with Gasteiger partial charge in [0.2, 0.25) is 5.88 Å². The Morgan fingerprint density at radius 3 is 2.61 bits per heavy atom. The summed E-state index contributed by atoms with van der Waals surface area (Å²) < 4.78 is 33.7. The molecule has 6 rings (SSSR count). The lowest BCUT2D eigenvalue weighted by atomic mass is 9.72. The van der Waals surface area contributed by atoms with Gasteiger partial charge in [-0.25, -0.2) is 23.7 Å². The van der Waals surface area contributed by atoms with Crippen LogP contribution in [0.4, 0.5) is 8.78 Å². The zero-order valence-corrected chi connectivity index (χ0v) is 18.2. The molecule has 6 nitrogen and oxygen atoms in total. The van der Waals surface area contributed by atoms with Crippen molar-refractivity contribution < 1.29 is 18.3 Å². The summed E-state index contributed by atoms with van der Waals surface area (Å²) in [6.07, 6.45) is 5.88. The summed E-state index contributed by atoms with van der Waals surface area (Å²) in [4.78, 5) is 27.9. The van der Waals surface area contributed by atoms with Crippen LogP contribution in [0.25, 0.3) is 11.4 Å². The van der Waals surface area contributed by atoms with E-state index in [-0.39, 0.29) is 29.8 Å². The molecule has 3 aliphatic rings. The number of hydrogen-bond donors (Lipinski definition) is 0. The number of rotatable bonds is 5. The van der Waals surface area contributed by atoms with E-state index in [0.717, 1.165) is 30.8 Å². The van der Waals surface area contributed by atoms with Gasteiger partial charge in [0.05, 0.1) is 30.0 Å². The second kappa shape index (κ2) is 8.84. The molecule has 2 bridgehead atoms. The highest BCUT2D eigenvalue weighted by Crippen LogP contribution is 2.42. The van der Waals surface area contributed by atoms with Gasteiger partial charge in [-0.15, -0.1) is 0 Å². The molecule has 0 radical (unpaired) electrons. The highest BCUT2D eigenvalue weighted by Gasteiger charge is 2.50. The number of aryl methyl sites for hydroxylation is 1. The van der Waals surface area contributed by atoms with E-state index in [0.29, 0.717) is 23.4 Å². The molecule has 0 N–H and O–H groups in total. The molecule has 4 heterocycles. The Bertz CT molecular complexity index is 1140. The van der Waals surface area contributed by atoms with Crippen LogP contribution in [0.5, 0.6) is 5.88 Å². The Kier molecular flexibility index (Phi) is 5.74. The number of carbonyl (C=O) groups is 1. The lowest BCUT2D eigenvalue weighted by Gasteiger charge is -2.53. The minimum absolute atomic E-state index is 0.00799. The van der Waals surface area contributed by atoms with E-state index < -0.39 is 18.5 Å². The molecule has 4 atom stereocenters. The average Bonchev–Trinajstić information content (AvgIpc) is 2.85. The Balaban J connectivity index is 1.47. The minimum atomic E-state index is -0.613. The number of ether oxygens (including phenoxy) is 1. The SMILES string of the molecule is Cc1ccc(OC2CC3CCC2N(C(=O)c2ccccc2-c2ncc(F)cn2)C3CF)nc1. The Hall–Kier alpha value is -3.42. The zero-order chi connectivity index (χ0) is 22.9. The van der Waals surface area contributed by atoms with Gasteiger partial charge >= 0.3 is 0 Å². The van der Waals surface area contributed by atoms with Crippen molar-refractivity contribution in [3.63, 3.8) is 0 Å². The molecule has 2 aromatic heterocycles. The normalized spacial score (nSPS) is 24.0. The Labute approximate surface area is 190 Å². The van der Waals surface area contributed by atoms with Crippen LogP contribution in [-0.2, 0) is 0 Å². The van der Waals surface area contributed by atoms with Crippen LogP contribution in [0.2, 0.25) is 0 Å². The maximum absolute atomic E-state index is 14.2. The molecule has 3 fully saturated rings. The van der Waals surface area contributed by atoms with Crippen LogP contribution in [-0.4, -0.2) is 50.6 Å². The molecule has 2 aliphatic heterocycles. The van der Waals surface area contributed by atoms with Gasteiger partial charge in [-0.05, 0) is 43.7 Å². The predicted octanol–water partition coefficient (Wildman–Crippen LogP) is 4.40. The first-order valence-electron chi connectivity index (χ1n) is 11.1. The van der Waals surface area contributed by atoms with Gasteiger partial charge in [0.25, 0.3) is 5.91 Å². The van der Waals surface area contributed by atoms with Crippen molar-refractivity contribution in [3.8, 4) is 17.3 Å². The summed E-state index contributed by atoms with van der Waals surface area (Å²) in [6, 6.07) is 9.88. The first kappa shape index (κ1) is 21.4. The van der Waals surface area contributed by atoms with E-state index in [2.05, 4.69) is 15.0 Å². The number of piperidine rings is 2.